The summed E-state index contributed by atoms with van der Waals surface area (Å²) in [6.07, 6.45) is 4.08. The quantitative estimate of drug-likeness (QED) is 0.585. The van der Waals surface area contributed by atoms with Gasteiger partial charge in [0.1, 0.15) is 0 Å². The number of hydrogen-bond donors (Lipinski definition) is 1. The second-order valence-electron chi connectivity index (χ2n) is 4.50. The fourth-order valence-electron chi connectivity index (χ4n) is 1.65. The summed E-state index contributed by atoms with van der Waals surface area (Å²) in [5, 5.41) is 8.96. The van der Waals surface area contributed by atoms with Crippen LogP contribution in [0.4, 0.5) is 4.79 Å². The van der Waals surface area contributed by atoms with Crippen LogP contribution in [0, 0.1) is 5.41 Å². The topological polar surface area (TPSA) is 40.5 Å². The van der Waals surface area contributed by atoms with Crippen LogP contribution in [0.3, 0.4) is 0 Å². The van der Waals surface area contributed by atoms with Gasteiger partial charge >= 0.3 is 6.09 Å². The van der Waals surface area contributed by atoms with E-state index in [1.54, 1.807) is 0 Å². The van der Waals surface area contributed by atoms with Gasteiger partial charge in [0.2, 0.25) is 0 Å². The van der Waals surface area contributed by atoms with Gasteiger partial charge in [-0.2, -0.15) is 0 Å². The number of amides is 1. The summed E-state index contributed by atoms with van der Waals surface area (Å²) in [4.78, 5) is 12.4. The van der Waals surface area contributed by atoms with Crippen molar-refractivity contribution in [3.63, 3.8) is 0 Å². The smallest absolute Gasteiger partial charge is 0.407 e. The van der Waals surface area contributed by atoms with Gasteiger partial charge in [-0.15, -0.1) is 0 Å². The number of carbonyl (C=O) groups is 1. The fraction of sp³-hybridized carbons (Fsp3) is 0.700. The Kier molecular flexibility index (Phi) is 2.64. The van der Waals surface area contributed by atoms with Crippen LogP contribution in [0.5, 0.6) is 0 Å². The van der Waals surface area contributed by atoms with Crippen molar-refractivity contribution in [3.05, 3.63) is 12.2 Å². The number of carboxylic acid groups (broad SMARTS) is 1. The third-order valence-electron chi connectivity index (χ3n) is 2.32. The molecule has 1 aliphatic heterocycles. The van der Waals surface area contributed by atoms with Crippen LogP contribution in [0.15, 0.2) is 12.2 Å². The standard InChI is InChI=1S/C10H17NO2/c1-10(2,3)8-6-4-5-7-11(8)9(12)13/h4,6,8H,5,7H2,1-3H3,(H,12,13). The normalized spacial score (nSPS) is 23.3. The van der Waals surface area contributed by atoms with Crippen LogP contribution >= 0.6 is 0 Å². The van der Waals surface area contributed by atoms with Crippen LogP contribution in [-0.4, -0.2) is 28.7 Å². The zero-order chi connectivity index (χ0) is 10.1. The van der Waals surface area contributed by atoms with E-state index in [4.69, 9.17) is 5.11 Å². The molecule has 0 aromatic heterocycles. The zero-order valence-corrected chi connectivity index (χ0v) is 8.45. The van der Waals surface area contributed by atoms with E-state index in [9.17, 15) is 4.79 Å². The van der Waals surface area contributed by atoms with Gasteiger partial charge in [-0.25, -0.2) is 4.79 Å². The SMILES string of the molecule is CC(C)(C)C1C=CCCN1C(=O)O. The molecule has 1 aliphatic rings. The molecule has 0 aromatic rings. The van der Waals surface area contributed by atoms with E-state index >= 15 is 0 Å². The van der Waals surface area contributed by atoms with Crippen LogP contribution in [0.2, 0.25) is 0 Å². The van der Waals surface area contributed by atoms with Crippen molar-refractivity contribution in [1.29, 1.82) is 0 Å². The van der Waals surface area contributed by atoms with Crippen molar-refractivity contribution >= 4 is 6.09 Å². The minimum absolute atomic E-state index is 0.0127. The van der Waals surface area contributed by atoms with Crippen LogP contribution in [0.1, 0.15) is 27.2 Å². The van der Waals surface area contributed by atoms with E-state index in [0.29, 0.717) is 6.54 Å². The van der Waals surface area contributed by atoms with Gasteiger partial charge in [0.25, 0.3) is 0 Å². The Balaban J connectivity index is 2.84. The van der Waals surface area contributed by atoms with Gasteiger partial charge in [-0.3, -0.25) is 0 Å². The molecule has 0 radical (unpaired) electrons. The Labute approximate surface area is 79.0 Å². The van der Waals surface area contributed by atoms with Gasteiger partial charge in [-0.1, -0.05) is 32.9 Å². The minimum Gasteiger partial charge on any atom is -0.465 e. The third kappa shape index (κ3) is 2.23. The molecule has 1 atom stereocenters. The largest absolute Gasteiger partial charge is 0.465 e. The highest BCUT2D eigenvalue weighted by atomic mass is 16.4. The van der Waals surface area contributed by atoms with Gasteiger partial charge in [0.05, 0.1) is 6.04 Å². The minimum atomic E-state index is -0.815. The zero-order valence-electron chi connectivity index (χ0n) is 8.45. The summed E-state index contributed by atoms with van der Waals surface area (Å²) in [6.45, 7) is 6.80. The lowest BCUT2D eigenvalue weighted by atomic mass is 9.84. The lowest BCUT2D eigenvalue weighted by Crippen LogP contribution is -2.47. The van der Waals surface area contributed by atoms with Gasteiger partial charge in [-0.05, 0) is 11.8 Å². The fourth-order valence-corrected chi connectivity index (χ4v) is 1.65. The first-order valence-corrected chi connectivity index (χ1v) is 4.59. The maximum atomic E-state index is 10.9. The highest BCUT2D eigenvalue weighted by molar-refractivity contribution is 5.66. The number of nitrogens with zero attached hydrogens (tertiary/aromatic N) is 1. The highest BCUT2D eigenvalue weighted by Crippen LogP contribution is 2.28. The molecule has 0 saturated carbocycles. The first-order chi connectivity index (χ1) is 5.93. The molecule has 3 nitrogen and oxygen atoms in total. The van der Waals surface area contributed by atoms with Crippen molar-refractivity contribution in [3.8, 4) is 0 Å². The van der Waals surface area contributed by atoms with Crippen molar-refractivity contribution in [2.24, 2.45) is 5.41 Å². The molecular formula is C10H17NO2. The molecule has 1 heterocycles. The molecule has 0 spiro atoms. The molecule has 0 bridgehead atoms. The summed E-state index contributed by atoms with van der Waals surface area (Å²) >= 11 is 0. The number of hydrogen-bond acceptors (Lipinski definition) is 1. The first-order valence-electron chi connectivity index (χ1n) is 4.59. The Bertz CT molecular complexity index is 228. The van der Waals surface area contributed by atoms with E-state index < -0.39 is 6.09 Å². The van der Waals surface area contributed by atoms with Crippen LogP contribution in [0.25, 0.3) is 0 Å². The average molecular weight is 183 g/mol. The maximum absolute atomic E-state index is 10.9. The van der Waals surface area contributed by atoms with Crippen LogP contribution < -0.4 is 0 Å². The highest BCUT2D eigenvalue weighted by Gasteiger charge is 2.32. The van der Waals surface area contributed by atoms with E-state index in [-0.39, 0.29) is 11.5 Å². The van der Waals surface area contributed by atoms with Crippen molar-refractivity contribution < 1.29 is 9.90 Å². The molecular weight excluding hydrogens is 166 g/mol. The molecule has 13 heavy (non-hydrogen) atoms. The summed E-state index contributed by atoms with van der Waals surface area (Å²) in [5.74, 6) is 0. The molecule has 3 heteroatoms. The average Bonchev–Trinajstić information content (AvgIpc) is 2.03. The Morgan fingerprint density at radius 3 is 2.54 bits per heavy atom. The molecule has 1 N–H and O–H groups in total. The van der Waals surface area contributed by atoms with E-state index in [1.165, 1.54) is 4.90 Å². The first kappa shape index (κ1) is 10.1. The Hall–Kier alpha value is -0.990. The monoisotopic (exact) mass is 183 g/mol. The molecule has 0 aliphatic carbocycles. The molecule has 0 aromatic carbocycles. The summed E-state index contributed by atoms with van der Waals surface area (Å²) in [5.41, 5.74) is -0.0185. The predicted octanol–water partition coefficient (Wildman–Crippen LogP) is 2.34. The van der Waals surface area contributed by atoms with E-state index in [2.05, 4.69) is 26.8 Å². The second-order valence-corrected chi connectivity index (χ2v) is 4.50. The van der Waals surface area contributed by atoms with Crippen molar-refractivity contribution in [2.45, 2.75) is 33.2 Å². The van der Waals surface area contributed by atoms with Gasteiger partial charge in [0.15, 0.2) is 0 Å². The lowest BCUT2D eigenvalue weighted by Gasteiger charge is -2.38. The van der Waals surface area contributed by atoms with Gasteiger partial charge in [0, 0.05) is 6.54 Å². The maximum Gasteiger partial charge on any atom is 0.407 e. The molecule has 0 saturated heterocycles. The second kappa shape index (κ2) is 3.40. The molecule has 1 rings (SSSR count). The Morgan fingerprint density at radius 2 is 2.15 bits per heavy atom. The predicted molar refractivity (Wildman–Crippen MR) is 51.7 cm³/mol. The third-order valence-corrected chi connectivity index (χ3v) is 2.32. The molecule has 0 fully saturated rings. The number of rotatable bonds is 0. The van der Waals surface area contributed by atoms with E-state index in [0.717, 1.165) is 6.42 Å². The summed E-state index contributed by atoms with van der Waals surface area (Å²) < 4.78 is 0. The van der Waals surface area contributed by atoms with Crippen molar-refractivity contribution in [1.82, 2.24) is 4.90 Å². The van der Waals surface area contributed by atoms with Crippen molar-refractivity contribution in [2.75, 3.05) is 6.54 Å². The lowest BCUT2D eigenvalue weighted by molar-refractivity contribution is 0.0989. The Morgan fingerprint density at radius 1 is 1.54 bits per heavy atom. The van der Waals surface area contributed by atoms with Gasteiger partial charge < -0.3 is 10.0 Å². The summed E-state index contributed by atoms with van der Waals surface area (Å²) in [6, 6.07) is 0.0127. The summed E-state index contributed by atoms with van der Waals surface area (Å²) in [7, 11) is 0. The van der Waals surface area contributed by atoms with E-state index in [1.807, 2.05) is 6.08 Å². The molecule has 1 amide bonds. The molecule has 1 unspecified atom stereocenters. The van der Waals surface area contributed by atoms with Crippen LogP contribution in [-0.2, 0) is 0 Å². The molecule has 74 valence electrons.